The monoisotopic (exact) mass is 311 g/mol. The molecule has 2 aromatic heterocycles. The molecule has 0 fully saturated rings. The van der Waals surface area contributed by atoms with E-state index < -0.39 is 0 Å². The number of ether oxygens (including phenoxy) is 1. The molecule has 0 aliphatic carbocycles. The molecule has 1 aromatic carbocycles. The number of amides is 1. The number of rotatable bonds is 6. The van der Waals surface area contributed by atoms with Crippen molar-refractivity contribution in [2.24, 2.45) is 5.73 Å². The summed E-state index contributed by atoms with van der Waals surface area (Å²) in [5, 5.41) is 10.6. The van der Waals surface area contributed by atoms with Gasteiger partial charge >= 0.3 is 0 Å². The van der Waals surface area contributed by atoms with Crippen LogP contribution in [-0.2, 0) is 0 Å². The number of nitrogens with two attached hydrogens (primary N) is 1. The van der Waals surface area contributed by atoms with Crippen molar-refractivity contribution in [3.8, 4) is 5.88 Å². The molecule has 0 bridgehead atoms. The maximum Gasteiger partial charge on any atom is 0.261 e. The third-order valence-corrected chi connectivity index (χ3v) is 3.30. The van der Waals surface area contributed by atoms with Gasteiger partial charge in [0, 0.05) is 17.3 Å². The van der Waals surface area contributed by atoms with Crippen LogP contribution in [0, 0.1) is 0 Å². The maximum absolute atomic E-state index is 12.5. The fraction of sp³-hybridized carbons (Fsp3) is 0.188. The quantitative estimate of drug-likeness (QED) is 0.603. The molecule has 0 saturated carbocycles. The first kappa shape index (κ1) is 15.0. The second kappa shape index (κ2) is 6.89. The molecule has 0 radical (unpaired) electrons. The first-order valence-corrected chi connectivity index (χ1v) is 7.30. The number of carbonyl (C=O) groups excluding carboxylic acids is 1. The van der Waals surface area contributed by atoms with E-state index in [1.165, 1.54) is 0 Å². The Labute approximate surface area is 132 Å². The van der Waals surface area contributed by atoms with Crippen molar-refractivity contribution in [2.45, 2.75) is 6.42 Å². The number of aromatic amines is 1. The summed E-state index contributed by atoms with van der Waals surface area (Å²) in [6, 6.07) is 8.89. The second-order valence-electron chi connectivity index (χ2n) is 4.97. The van der Waals surface area contributed by atoms with Crippen LogP contribution < -0.4 is 15.8 Å². The van der Waals surface area contributed by atoms with Crippen LogP contribution in [0.15, 0.2) is 42.7 Å². The highest BCUT2D eigenvalue weighted by Crippen LogP contribution is 2.20. The number of benzene rings is 1. The van der Waals surface area contributed by atoms with Crippen molar-refractivity contribution in [3.05, 3.63) is 48.3 Å². The largest absolute Gasteiger partial charge is 0.477 e. The van der Waals surface area contributed by atoms with E-state index in [4.69, 9.17) is 10.5 Å². The van der Waals surface area contributed by atoms with Crippen molar-refractivity contribution in [3.63, 3.8) is 0 Å². The summed E-state index contributed by atoms with van der Waals surface area (Å²) in [5.74, 6) is 0.0338. The summed E-state index contributed by atoms with van der Waals surface area (Å²) in [7, 11) is 0. The minimum atomic E-state index is -0.274. The predicted octanol–water partition coefficient (Wildman–Crippen LogP) is 1.94. The van der Waals surface area contributed by atoms with E-state index >= 15 is 0 Å². The molecule has 0 aliphatic heterocycles. The van der Waals surface area contributed by atoms with Gasteiger partial charge in [0.2, 0.25) is 5.88 Å². The van der Waals surface area contributed by atoms with Gasteiger partial charge in [-0.3, -0.25) is 9.89 Å². The van der Waals surface area contributed by atoms with Gasteiger partial charge in [0.15, 0.2) is 0 Å². The molecular formula is C16H17N5O2. The third-order valence-electron chi connectivity index (χ3n) is 3.30. The summed E-state index contributed by atoms with van der Waals surface area (Å²) >= 11 is 0. The van der Waals surface area contributed by atoms with Gasteiger partial charge in [-0.1, -0.05) is 0 Å². The van der Waals surface area contributed by atoms with Crippen LogP contribution in [0.1, 0.15) is 16.8 Å². The fourth-order valence-electron chi connectivity index (χ4n) is 2.15. The lowest BCUT2D eigenvalue weighted by molar-refractivity contribution is 0.102. The van der Waals surface area contributed by atoms with E-state index in [0.717, 1.165) is 10.9 Å². The lowest BCUT2D eigenvalue weighted by Crippen LogP contribution is -2.15. The summed E-state index contributed by atoms with van der Waals surface area (Å²) < 4.78 is 5.53. The Hall–Kier alpha value is -2.93. The van der Waals surface area contributed by atoms with Gasteiger partial charge in [-0.2, -0.15) is 5.10 Å². The van der Waals surface area contributed by atoms with E-state index in [2.05, 4.69) is 20.5 Å². The van der Waals surface area contributed by atoms with Crippen molar-refractivity contribution >= 4 is 22.5 Å². The Morgan fingerprint density at radius 3 is 3.13 bits per heavy atom. The summed E-state index contributed by atoms with van der Waals surface area (Å²) in [6.45, 7) is 0.952. The maximum atomic E-state index is 12.5. The number of carbonyl (C=O) groups is 1. The normalized spacial score (nSPS) is 10.7. The van der Waals surface area contributed by atoms with E-state index in [9.17, 15) is 4.79 Å². The summed E-state index contributed by atoms with van der Waals surface area (Å²) in [4.78, 5) is 16.6. The smallest absolute Gasteiger partial charge is 0.261 e. The minimum Gasteiger partial charge on any atom is -0.477 e. The van der Waals surface area contributed by atoms with Crippen molar-refractivity contribution < 1.29 is 9.53 Å². The van der Waals surface area contributed by atoms with Crippen LogP contribution in [0.5, 0.6) is 5.88 Å². The molecule has 0 aliphatic rings. The van der Waals surface area contributed by atoms with Gasteiger partial charge in [0.1, 0.15) is 5.56 Å². The summed E-state index contributed by atoms with van der Waals surface area (Å²) in [5.41, 5.74) is 7.42. The van der Waals surface area contributed by atoms with Gasteiger partial charge in [-0.05, 0) is 43.3 Å². The Bertz CT molecular complexity index is 815. The van der Waals surface area contributed by atoms with E-state index in [1.807, 2.05) is 18.2 Å². The average Bonchev–Trinajstić information content (AvgIpc) is 3.03. The molecule has 0 unspecified atom stereocenters. The Balaban J connectivity index is 1.77. The molecule has 23 heavy (non-hydrogen) atoms. The minimum absolute atomic E-state index is 0.274. The highest BCUT2D eigenvalue weighted by Gasteiger charge is 2.14. The number of aromatic nitrogens is 3. The zero-order valence-electron chi connectivity index (χ0n) is 12.5. The zero-order chi connectivity index (χ0) is 16.1. The van der Waals surface area contributed by atoms with Crippen molar-refractivity contribution in [2.75, 3.05) is 18.5 Å². The molecule has 2 heterocycles. The molecule has 118 valence electrons. The Morgan fingerprint density at radius 2 is 2.26 bits per heavy atom. The van der Waals surface area contributed by atoms with Crippen LogP contribution in [0.25, 0.3) is 10.9 Å². The Morgan fingerprint density at radius 1 is 1.35 bits per heavy atom. The first-order valence-electron chi connectivity index (χ1n) is 7.30. The van der Waals surface area contributed by atoms with E-state index in [1.54, 1.807) is 24.5 Å². The number of hydrogen-bond donors (Lipinski definition) is 3. The summed E-state index contributed by atoms with van der Waals surface area (Å²) in [6.07, 6.45) is 4.00. The van der Waals surface area contributed by atoms with Crippen LogP contribution in [-0.4, -0.2) is 34.2 Å². The van der Waals surface area contributed by atoms with Crippen molar-refractivity contribution in [1.29, 1.82) is 0 Å². The molecule has 7 nitrogen and oxygen atoms in total. The van der Waals surface area contributed by atoms with Crippen LogP contribution >= 0.6 is 0 Å². The van der Waals surface area contributed by atoms with E-state index in [-0.39, 0.29) is 5.91 Å². The highest BCUT2D eigenvalue weighted by molar-refractivity contribution is 6.06. The number of H-pyrrole nitrogens is 1. The van der Waals surface area contributed by atoms with Crippen molar-refractivity contribution in [1.82, 2.24) is 15.2 Å². The standard InChI is InChI=1S/C16H17N5O2/c17-6-2-8-23-16-13(3-1-7-18-16)15(22)20-12-4-5-14-11(9-12)10-19-21-14/h1,3-5,7,9-10H,2,6,8,17H2,(H,19,21)(H,20,22). The molecule has 0 saturated heterocycles. The molecular weight excluding hydrogens is 294 g/mol. The van der Waals surface area contributed by atoms with Gasteiger partial charge in [-0.15, -0.1) is 0 Å². The molecule has 0 atom stereocenters. The fourth-order valence-corrected chi connectivity index (χ4v) is 2.15. The topological polar surface area (TPSA) is 106 Å². The molecule has 0 spiro atoms. The molecule has 3 aromatic rings. The third kappa shape index (κ3) is 3.46. The van der Waals surface area contributed by atoms with Gasteiger partial charge in [0.25, 0.3) is 5.91 Å². The predicted molar refractivity (Wildman–Crippen MR) is 87.5 cm³/mol. The van der Waals surface area contributed by atoms with Crippen LogP contribution in [0.3, 0.4) is 0 Å². The highest BCUT2D eigenvalue weighted by atomic mass is 16.5. The number of anilines is 1. The molecule has 4 N–H and O–H groups in total. The number of nitrogens with one attached hydrogen (secondary N) is 2. The average molecular weight is 311 g/mol. The van der Waals surface area contributed by atoms with Gasteiger partial charge in [-0.25, -0.2) is 4.98 Å². The Kier molecular flexibility index (Phi) is 4.49. The molecule has 1 amide bonds. The number of fused-ring (bicyclic) bond motifs is 1. The number of nitrogens with zero attached hydrogens (tertiary/aromatic N) is 2. The number of pyridine rings is 1. The SMILES string of the molecule is NCCCOc1ncccc1C(=O)Nc1ccc2[nH]ncc2c1. The molecule has 3 rings (SSSR count). The van der Waals surface area contributed by atoms with Crippen LogP contribution in [0.4, 0.5) is 5.69 Å². The van der Waals surface area contributed by atoms with E-state index in [0.29, 0.717) is 36.7 Å². The van der Waals surface area contributed by atoms with Gasteiger partial charge in [0.05, 0.1) is 18.3 Å². The number of hydrogen-bond acceptors (Lipinski definition) is 5. The second-order valence-corrected chi connectivity index (χ2v) is 4.97. The zero-order valence-corrected chi connectivity index (χ0v) is 12.5. The lowest BCUT2D eigenvalue weighted by atomic mass is 10.2. The molecule has 7 heteroatoms. The van der Waals surface area contributed by atoms with Gasteiger partial charge < -0.3 is 15.8 Å². The lowest BCUT2D eigenvalue weighted by Gasteiger charge is -2.10. The van der Waals surface area contributed by atoms with Crippen LogP contribution in [0.2, 0.25) is 0 Å². The first-order chi connectivity index (χ1) is 11.3.